The first-order chi connectivity index (χ1) is 15.1. The SMILES string of the molecule is O=S(=O)(N[C@H]1CCC[C@@H](n2cnnc2)C1)c1cc(-c2cncc(F)c2)cc(C(F)(F)F)c1. The Hall–Kier alpha value is -2.86. The Morgan fingerprint density at radius 2 is 1.75 bits per heavy atom. The van der Waals surface area contributed by atoms with E-state index in [2.05, 4.69) is 19.9 Å². The van der Waals surface area contributed by atoms with Crippen LogP contribution in [0.3, 0.4) is 0 Å². The Kier molecular flexibility index (Phi) is 5.99. The molecule has 170 valence electrons. The number of halogens is 4. The average molecular weight is 469 g/mol. The van der Waals surface area contributed by atoms with Gasteiger partial charge in [0, 0.05) is 23.8 Å². The van der Waals surface area contributed by atoms with Gasteiger partial charge in [0.25, 0.3) is 0 Å². The van der Waals surface area contributed by atoms with Gasteiger partial charge in [0.15, 0.2) is 0 Å². The van der Waals surface area contributed by atoms with Gasteiger partial charge in [0.05, 0.1) is 16.7 Å². The minimum Gasteiger partial charge on any atom is -0.317 e. The molecule has 0 radical (unpaired) electrons. The Bertz CT molecular complexity index is 1200. The Morgan fingerprint density at radius 1 is 1.00 bits per heavy atom. The van der Waals surface area contributed by atoms with Crippen LogP contribution in [0.2, 0.25) is 0 Å². The molecule has 3 aromatic rings. The minimum absolute atomic E-state index is 0.0121. The number of alkyl halides is 3. The third kappa shape index (κ3) is 4.96. The molecule has 12 heteroatoms. The second-order valence-corrected chi connectivity index (χ2v) is 9.40. The fourth-order valence-corrected chi connectivity index (χ4v) is 5.23. The number of hydrogen-bond acceptors (Lipinski definition) is 5. The zero-order valence-corrected chi connectivity index (χ0v) is 17.4. The van der Waals surface area contributed by atoms with Gasteiger partial charge in [-0.15, -0.1) is 10.2 Å². The summed E-state index contributed by atoms with van der Waals surface area (Å²) in [5.41, 5.74) is -1.21. The highest BCUT2D eigenvalue weighted by Crippen LogP contribution is 2.35. The summed E-state index contributed by atoms with van der Waals surface area (Å²) in [7, 11) is -4.28. The van der Waals surface area contributed by atoms with E-state index in [-0.39, 0.29) is 17.2 Å². The van der Waals surface area contributed by atoms with Crippen molar-refractivity contribution in [3.63, 3.8) is 0 Å². The second kappa shape index (κ2) is 8.58. The first-order valence-electron chi connectivity index (χ1n) is 9.81. The second-order valence-electron chi connectivity index (χ2n) is 7.68. The van der Waals surface area contributed by atoms with Gasteiger partial charge in [0.2, 0.25) is 10.0 Å². The average Bonchev–Trinajstić information content (AvgIpc) is 3.28. The summed E-state index contributed by atoms with van der Waals surface area (Å²) in [5, 5.41) is 7.52. The van der Waals surface area contributed by atoms with Crippen LogP contribution in [0.1, 0.15) is 37.3 Å². The lowest BCUT2D eigenvalue weighted by atomic mass is 9.91. The monoisotopic (exact) mass is 469 g/mol. The van der Waals surface area contributed by atoms with Crippen LogP contribution >= 0.6 is 0 Å². The van der Waals surface area contributed by atoms with Gasteiger partial charge in [-0.25, -0.2) is 17.5 Å². The molecular weight excluding hydrogens is 450 g/mol. The van der Waals surface area contributed by atoms with Gasteiger partial charge in [0.1, 0.15) is 18.5 Å². The Labute approximate surface area is 181 Å². The van der Waals surface area contributed by atoms with Crippen molar-refractivity contribution >= 4 is 10.0 Å². The number of aromatic nitrogens is 4. The smallest absolute Gasteiger partial charge is 0.317 e. The van der Waals surface area contributed by atoms with Crippen LogP contribution in [0.15, 0.2) is 54.2 Å². The van der Waals surface area contributed by atoms with Gasteiger partial charge < -0.3 is 4.57 Å². The normalized spacial score (nSPS) is 19.8. The molecule has 0 aliphatic heterocycles. The van der Waals surface area contributed by atoms with E-state index in [9.17, 15) is 26.0 Å². The van der Waals surface area contributed by atoms with Crippen molar-refractivity contribution in [2.75, 3.05) is 0 Å². The molecule has 0 unspecified atom stereocenters. The molecule has 7 nitrogen and oxygen atoms in total. The maximum absolute atomic E-state index is 13.6. The van der Waals surface area contributed by atoms with Crippen LogP contribution in [0.5, 0.6) is 0 Å². The number of sulfonamides is 1. The van der Waals surface area contributed by atoms with Gasteiger partial charge >= 0.3 is 6.18 Å². The summed E-state index contributed by atoms with van der Waals surface area (Å²) in [6.45, 7) is 0. The highest BCUT2D eigenvalue weighted by molar-refractivity contribution is 7.89. The van der Waals surface area contributed by atoms with Crippen LogP contribution in [-0.4, -0.2) is 34.2 Å². The molecule has 4 rings (SSSR count). The Morgan fingerprint density at radius 3 is 2.44 bits per heavy atom. The molecule has 1 saturated carbocycles. The fraction of sp³-hybridized carbons (Fsp3) is 0.350. The highest BCUT2D eigenvalue weighted by Gasteiger charge is 2.34. The molecule has 2 heterocycles. The molecule has 1 fully saturated rings. The molecule has 0 bridgehead atoms. The predicted octanol–water partition coefficient (Wildman–Crippen LogP) is 3.96. The molecule has 2 atom stereocenters. The van der Waals surface area contributed by atoms with Gasteiger partial charge in [-0.3, -0.25) is 4.98 Å². The van der Waals surface area contributed by atoms with E-state index in [0.717, 1.165) is 37.2 Å². The summed E-state index contributed by atoms with van der Waals surface area (Å²) < 4.78 is 84.4. The molecule has 1 N–H and O–H groups in total. The number of nitrogens with one attached hydrogen (secondary N) is 1. The van der Waals surface area contributed by atoms with E-state index in [4.69, 9.17) is 0 Å². The maximum Gasteiger partial charge on any atom is 0.416 e. The highest BCUT2D eigenvalue weighted by atomic mass is 32.2. The number of benzene rings is 1. The molecule has 1 aliphatic carbocycles. The number of nitrogens with zero attached hydrogens (tertiary/aromatic N) is 4. The first kappa shape index (κ1) is 22.3. The standard InChI is InChI=1S/C20H19F4N5O2S/c21-16-5-14(9-25-10-16)13-4-15(20(22,23)24)7-19(6-13)32(30,31)28-17-2-1-3-18(8-17)29-11-26-27-12-29/h4-7,9-12,17-18,28H,1-3,8H2/t17-,18+/m0/s1. The molecule has 32 heavy (non-hydrogen) atoms. The van der Waals surface area contributed by atoms with Crippen molar-refractivity contribution in [3.05, 3.63) is 60.7 Å². The van der Waals surface area contributed by atoms with Crippen molar-refractivity contribution in [2.24, 2.45) is 0 Å². The predicted molar refractivity (Wildman–Crippen MR) is 106 cm³/mol. The lowest BCUT2D eigenvalue weighted by molar-refractivity contribution is -0.137. The molecular formula is C20H19F4N5O2S. The number of hydrogen-bond donors (Lipinski definition) is 1. The molecule has 0 spiro atoms. The number of pyridine rings is 1. The van der Waals surface area contributed by atoms with E-state index in [1.165, 1.54) is 6.20 Å². The van der Waals surface area contributed by atoms with Crippen LogP contribution < -0.4 is 4.72 Å². The summed E-state index contributed by atoms with van der Waals surface area (Å²) in [4.78, 5) is 3.09. The summed E-state index contributed by atoms with van der Waals surface area (Å²) >= 11 is 0. The molecule has 1 aliphatic rings. The number of rotatable bonds is 5. The van der Waals surface area contributed by atoms with Gasteiger partial charge in [-0.2, -0.15) is 13.2 Å². The van der Waals surface area contributed by atoms with Crippen LogP contribution in [-0.2, 0) is 16.2 Å². The van der Waals surface area contributed by atoms with E-state index in [1.807, 2.05) is 0 Å². The largest absolute Gasteiger partial charge is 0.416 e. The van der Waals surface area contributed by atoms with Gasteiger partial charge in [-0.05, 0) is 55.5 Å². The third-order valence-corrected chi connectivity index (χ3v) is 6.91. The van der Waals surface area contributed by atoms with Crippen LogP contribution in [0.25, 0.3) is 11.1 Å². The van der Waals surface area contributed by atoms with Crippen LogP contribution in [0.4, 0.5) is 17.6 Å². The van der Waals surface area contributed by atoms with Crippen molar-refractivity contribution in [1.82, 2.24) is 24.5 Å². The molecule has 2 aromatic heterocycles. The third-order valence-electron chi connectivity index (χ3n) is 5.41. The summed E-state index contributed by atoms with van der Waals surface area (Å²) in [6.07, 6.45) is 2.95. The van der Waals surface area contributed by atoms with Crippen molar-refractivity contribution in [2.45, 2.75) is 48.8 Å². The zero-order chi connectivity index (χ0) is 22.9. The van der Waals surface area contributed by atoms with Crippen molar-refractivity contribution in [3.8, 4) is 11.1 Å². The van der Waals surface area contributed by atoms with E-state index >= 15 is 0 Å². The molecule has 1 aromatic carbocycles. The topological polar surface area (TPSA) is 89.8 Å². The fourth-order valence-electron chi connectivity index (χ4n) is 3.88. The van der Waals surface area contributed by atoms with Crippen LogP contribution in [0, 0.1) is 5.82 Å². The lowest BCUT2D eigenvalue weighted by Gasteiger charge is -2.30. The van der Waals surface area contributed by atoms with E-state index < -0.39 is 38.5 Å². The maximum atomic E-state index is 13.6. The van der Waals surface area contributed by atoms with Crippen molar-refractivity contribution in [1.29, 1.82) is 0 Å². The summed E-state index contributed by atoms with van der Waals surface area (Å²) in [6, 6.07) is 2.97. The Balaban J connectivity index is 1.65. The van der Waals surface area contributed by atoms with E-state index in [0.29, 0.717) is 18.9 Å². The van der Waals surface area contributed by atoms with Gasteiger partial charge in [-0.1, -0.05) is 0 Å². The molecule has 0 amide bonds. The quantitative estimate of drug-likeness (QED) is 0.572. The zero-order valence-electron chi connectivity index (χ0n) is 16.6. The lowest BCUT2D eigenvalue weighted by Crippen LogP contribution is -2.38. The van der Waals surface area contributed by atoms with Crippen molar-refractivity contribution < 1.29 is 26.0 Å². The van der Waals surface area contributed by atoms with E-state index in [1.54, 1.807) is 17.2 Å². The first-order valence-corrected chi connectivity index (χ1v) is 11.3. The molecule has 0 saturated heterocycles. The minimum atomic E-state index is -4.79. The summed E-state index contributed by atoms with van der Waals surface area (Å²) in [5.74, 6) is -0.746.